The molecule has 0 bridgehead atoms. The summed E-state index contributed by atoms with van der Waals surface area (Å²) in [6.45, 7) is 4.52. The molecule has 1 saturated heterocycles. The van der Waals surface area contributed by atoms with E-state index in [2.05, 4.69) is 17.1 Å². The molecule has 2 amide bonds. The fourth-order valence-corrected chi connectivity index (χ4v) is 2.86. The summed E-state index contributed by atoms with van der Waals surface area (Å²) >= 11 is 0. The Morgan fingerprint density at radius 2 is 2.21 bits per heavy atom. The molecule has 1 aliphatic rings. The lowest BCUT2D eigenvalue weighted by atomic mass is 9.90. The number of hydrogen-bond donors (Lipinski definition) is 1. The Kier molecular flexibility index (Phi) is 4.85. The molecule has 3 rings (SSSR count). The Morgan fingerprint density at radius 3 is 2.96 bits per heavy atom. The van der Waals surface area contributed by atoms with Crippen molar-refractivity contribution in [2.24, 2.45) is 0 Å². The van der Waals surface area contributed by atoms with Crippen LogP contribution >= 0.6 is 0 Å². The molecule has 1 unspecified atom stereocenters. The van der Waals surface area contributed by atoms with Gasteiger partial charge in [0, 0.05) is 23.9 Å². The molecule has 2 heterocycles. The van der Waals surface area contributed by atoms with Gasteiger partial charge >= 0.3 is 0 Å². The van der Waals surface area contributed by atoms with Crippen molar-refractivity contribution in [3.63, 3.8) is 0 Å². The second-order valence-corrected chi connectivity index (χ2v) is 6.10. The smallest absolute Gasteiger partial charge is 0.234 e. The van der Waals surface area contributed by atoms with Gasteiger partial charge in [0.2, 0.25) is 11.8 Å². The first-order chi connectivity index (χ1) is 11.6. The third-order valence-corrected chi connectivity index (χ3v) is 4.47. The summed E-state index contributed by atoms with van der Waals surface area (Å²) < 4.78 is 11.4. The van der Waals surface area contributed by atoms with E-state index in [9.17, 15) is 9.59 Å². The zero-order valence-corrected chi connectivity index (χ0v) is 14.0. The van der Waals surface area contributed by atoms with Gasteiger partial charge in [0.25, 0.3) is 0 Å². The third-order valence-electron chi connectivity index (χ3n) is 4.47. The number of amides is 2. The van der Waals surface area contributed by atoms with Crippen LogP contribution in [0.25, 0.3) is 11.0 Å². The first-order valence-electron chi connectivity index (χ1n) is 8.24. The molecular weight excluding hydrogens is 308 g/mol. The van der Waals surface area contributed by atoms with E-state index in [-0.39, 0.29) is 17.7 Å². The normalized spacial score (nSPS) is 18.2. The van der Waals surface area contributed by atoms with Crippen molar-refractivity contribution >= 4 is 22.8 Å². The summed E-state index contributed by atoms with van der Waals surface area (Å²) in [6.07, 6.45) is 2.47. The molecule has 6 heteroatoms. The topological polar surface area (TPSA) is 71.8 Å². The Bertz CT molecular complexity index is 753. The SMILES string of the molecule is CCN(C)CCOc1ccc2occ(C3CCC(=O)NC3=O)c2c1. The monoisotopic (exact) mass is 330 g/mol. The van der Waals surface area contributed by atoms with E-state index >= 15 is 0 Å². The van der Waals surface area contributed by atoms with Crippen LogP contribution in [-0.2, 0) is 9.59 Å². The van der Waals surface area contributed by atoms with Crippen LogP contribution in [0.3, 0.4) is 0 Å². The molecule has 0 aliphatic carbocycles. The van der Waals surface area contributed by atoms with E-state index in [1.165, 1.54) is 0 Å². The van der Waals surface area contributed by atoms with Crippen LogP contribution in [0.4, 0.5) is 0 Å². The highest BCUT2D eigenvalue weighted by molar-refractivity contribution is 6.02. The number of likely N-dealkylation sites (N-methyl/N-ethyl adjacent to an activating group) is 1. The lowest BCUT2D eigenvalue weighted by Crippen LogP contribution is -2.39. The lowest BCUT2D eigenvalue weighted by Gasteiger charge is -2.20. The van der Waals surface area contributed by atoms with Crippen LogP contribution < -0.4 is 10.1 Å². The summed E-state index contributed by atoms with van der Waals surface area (Å²) in [7, 11) is 2.05. The molecular formula is C18H22N2O4. The van der Waals surface area contributed by atoms with Crippen molar-refractivity contribution in [1.82, 2.24) is 10.2 Å². The fourth-order valence-electron chi connectivity index (χ4n) is 2.86. The Hall–Kier alpha value is -2.34. The summed E-state index contributed by atoms with van der Waals surface area (Å²) in [5.74, 6) is -0.0784. The van der Waals surface area contributed by atoms with Gasteiger partial charge in [0.05, 0.1) is 12.2 Å². The van der Waals surface area contributed by atoms with Crippen LogP contribution in [0.15, 0.2) is 28.9 Å². The first kappa shape index (κ1) is 16.5. The zero-order valence-electron chi connectivity index (χ0n) is 14.0. The number of piperidine rings is 1. The van der Waals surface area contributed by atoms with E-state index in [0.717, 1.165) is 29.8 Å². The number of ether oxygens (including phenoxy) is 1. The maximum Gasteiger partial charge on any atom is 0.234 e. The van der Waals surface area contributed by atoms with E-state index < -0.39 is 0 Å². The van der Waals surface area contributed by atoms with Crippen LogP contribution in [0.2, 0.25) is 0 Å². The number of furan rings is 1. The van der Waals surface area contributed by atoms with E-state index in [1.807, 2.05) is 25.2 Å². The fraction of sp³-hybridized carbons (Fsp3) is 0.444. The largest absolute Gasteiger partial charge is 0.492 e. The van der Waals surface area contributed by atoms with Gasteiger partial charge in [0.1, 0.15) is 17.9 Å². The molecule has 0 saturated carbocycles. The molecule has 1 aliphatic heterocycles. The number of carbonyl (C=O) groups excluding carboxylic acids is 2. The quantitative estimate of drug-likeness (QED) is 0.823. The van der Waals surface area contributed by atoms with Crippen LogP contribution in [0.1, 0.15) is 31.2 Å². The number of nitrogens with one attached hydrogen (secondary N) is 1. The number of benzene rings is 1. The summed E-state index contributed by atoms with van der Waals surface area (Å²) in [6, 6.07) is 5.62. The number of imide groups is 1. The lowest BCUT2D eigenvalue weighted by molar-refractivity contribution is -0.134. The van der Waals surface area contributed by atoms with Crippen LogP contribution in [0, 0.1) is 0 Å². The molecule has 1 N–H and O–H groups in total. The number of rotatable bonds is 6. The Morgan fingerprint density at radius 1 is 1.38 bits per heavy atom. The summed E-state index contributed by atoms with van der Waals surface area (Å²) in [5.41, 5.74) is 1.53. The van der Waals surface area contributed by atoms with Gasteiger partial charge in [-0.15, -0.1) is 0 Å². The minimum atomic E-state index is -0.356. The van der Waals surface area contributed by atoms with E-state index in [0.29, 0.717) is 25.0 Å². The van der Waals surface area contributed by atoms with Gasteiger partial charge in [-0.05, 0) is 38.2 Å². The van der Waals surface area contributed by atoms with Crippen molar-refractivity contribution in [1.29, 1.82) is 0 Å². The van der Waals surface area contributed by atoms with Gasteiger partial charge in [-0.25, -0.2) is 0 Å². The van der Waals surface area contributed by atoms with Gasteiger partial charge in [-0.3, -0.25) is 14.9 Å². The van der Waals surface area contributed by atoms with Crippen LogP contribution in [-0.4, -0.2) is 43.5 Å². The maximum atomic E-state index is 12.1. The number of fused-ring (bicyclic) bond motifs is 1. The molecule has 0 radical (unpaired) electrons. The molecule has 128 valence electrons. The number of nitrogens with zero attached hydrogens (tertiary/aromatic N) is 1. The average molecular weight is 330 g/mol. The molecule has 6 nitrogen and oxygen atoms in total. The maximum absolute atomic E-state index is 12.1. The molecule has 1 fully saturated rings. The summed E-state index contributed by atoms with van der Waals surface area (Å²) in [5, 5.41) is 3.26. The zero-order chi connectivity index (χ0) is 17.1. The van der Waals surface area contributed by atoms with Crippen molar-refractivity contribution in [3.8, 4) is 5.75 Å². The predicted octanol–water partition coefficient (Wildman–Crippen LogP) is 2.28. The van der Waals surface area contributed by atoms with Crippen molar-refractivity contribution in [3.05, 3.63) is 30.0 Å². The van der Waals surface area contributed by atoms with E-state index in [1.54, 1.807) is 6.26 Å². The predicted molar refractivity (Wildman–Crippen MR) is 90.0 cm³/mol. The van der Waals surface area contributed by atoms with Crippen molar-refractivity contribution < 1.29 is 18.7 Å². The minimum absolute atomic E-state index is 0.215. The van der Waals surface area contributed by atoms with Gasteiger partial charge in [-0.2, -0.15) is 0 Å². The molecule has 24 heavy (non-hydrogen) atoms. The van der Waals surface area contributed by atoms with Crippen molar-refractivity contribution in [2.45, 2.75) is 25.7 Å². The van der Waals surface area contributed by atoms with E-state index in [4.69, 9.17) is 9.15 Å². The van der Waals surface area contributed by atoms with Gasteiger partial charge < -0.3 is 14.1 Å². The first-order valence-corrected chi connectivity index (χ1v) is 8.24. The van der Waals surface area contributed by atoms with Crippen molar-refractivity contribution in [2.75, 3.05) is 26.7 Å². The number of hydrogen-bond acceptors (Lipinski definition) is 5. The Balaban J connectivity index is 1.78. The highest BCUT2D eigenvalue weighted by atomic mass is 16.5. The third kappa shape index (κ3) is 3.43. The molecule has 1 aromatic carbocycles. The van der Waals surface area contributed by atoms with Gasteiger partial charge in [0.15, 0.2) is 0 Å². The second-order valence-electron chi connectivity index (χ2n) is 6.10. The highest BCUT2D eigenvalue weighted by Crippen LogP contribution is 2.34. The molecule has 1 aromatic heterocycles. The highest BCUT2D eigenvalue weighted by Gasteiger charge is 2.30. The molecule has 2 aromatic rings. The molecule has 1 atom stereocenters. The minimum Gasteiger partial charge on any atom is -0.492 e. The molecule has 0 spiro atoms. The number of carbonyl (C=O) groups is 2. The van der Waals surface area contributed by atoms with Gasteiger partial charge in [-0.1, -0.05) is 6.92 Å². The standard InChI is InChI=1S/C18H22N2O4/c1-3-20(2)8-9-23-12-4-6-16-14(10-12)15(11-24-16)13-5-7-17(21)19-18(13)22/h4,6,10-11,13H,3,5,7-9H2,1-2H3,(H,19,21,22). The van der Waals surface area contributed by atoms with Crippen LogP contribution in [0.5, 0.6) is 5.75 Å². The average Bonchev–Trinajstić information content (AvgIpc) is 2.98. The second kappa shape index (κ2) is 7.05. The Labute approximate surface area is 140 Å². The summed E-state index contributed by atoms with van der Waals surface area (Å²) in [4.78, 5) is 25.6.